The molecule has 4 aliphatic carbocycles. The number of amides is 1. The van der Waals surface area contributed by atoms with Crippen molar-refractivity contribution < 1.29 is 4.79 Å². The second kappa shape index (κ2) is 5.36. The van der Waals surface area contributed by atoms with Gasteiger partial charge in [0, 0.05) is 6.20 Å². The minimum atomic E-state index is -0.417. The van der Waals surface area contributed by atoms with E-state index in [1.54, 1.807) is 0 Å². The third-order valence-corrected chi connectivity index (χ3v) is 7.20. The molecule has 5 aliphatic rings. The Bertz CT molecular complexity index is 680. The first-order chi connectivity index (χ1) is 12.0. The van der Waals surface area contributed by atoms with Gasteiger partial charge in [-0.1, -0.05) is 30.3 Å². The number of hydrogen-bond acceptors (Lipinski definition) is 2. The molecule has 3 nitrogen and oxygen atoms in total. The van der Waals surface area contributed by atoms with E-state index >= 15 is 0 Å². The van der Waals surface area contributed by atoms with Crippen molar-refractivity contribution >= 4 is 12.0 Å². The normalized spacial score (nSPS) is 38.5. The van der Waals surface area contributed by atoms with Gasteiger partial charge in [-0.15, -0.1) is 0 Å². The monoisotopic (exact) mass is 336 g/mol. The SMILES string of the molecule is CC1(C)C(=O)N(C2C3CC4CC(C3)CC2C4)N1C=Cc1ccccc1. The van der Waals surface area contributed by atoms with Gasteiger partial charge in [0.15, 0.2) is 0 Å². The van der Waals surface area contributed by atoms with Crippen LogP contribution in [0.4, 0.5) is 0 Å². The van der Waals surface area contributed by atoms with E-state index in [1.807, 2.05) is 6.07 Å². The van der Waals surface area contributed by atoms with E-state index in [9.17, 15) is 4.79 Å². The smallest absolute Gasteiger partial charge is 0.268 e. The molecule has 0 atom stereocenters. The van der Waals surface area contributed by atoms with Gasteiger partial charge in [-0.3, -0.25) is 9.80 Å². The van der Waals surface area contributed by atoms with Gasteiger partial charge >= 0.3 is 0 Å². The topological polar surface area (TPSA) is 23.6 Å². The van der Waals surface area contributed by atoms with E-state index in [0.717, 1.165) is 23.7 Å². The maximum Gasteiger partial charge on any atom is 0.268 e. The predicted octanol–water partition coefficient (Wildman–Crippen LogP) is 4.32. The predicted molar refractivity (Wildman–Crippen MR) is 99.1 cm³/mol. The van der Waals surface area contributed by atoms with Gasteiger partial charge in [-0.25, -0.2) is 5.01 Å². The van der Waals surface area contributed by atoms with Crippen LogP contribution < -0.4 is 0 Å². The van der Waals surface area contributed by atoms with Gasteiger partial charge < -0.3 is 0 Å². The Morgan fingerprint density at radius 1 is 0.960 bits per heavy atom. The van der Waals surface area contributed by atoms with Crippen molar-refractivity contribution in [2.24, 2.45) is 23.7 Å². The van der Waals surface area contributed by atoms with E-state index in [2.05, 4.69) is 60.4 Å². The molecule has 0 N–H and O–H groups in total. The van der Waals surface area contributed by atoms with E-state index in [0.29, 0.717) is 11.9 Å². The van der Waals surface area contributed by atoms with Crippen LogP contribution in [-0.4, -0.2) is 27.5 Å². The number of nitrogens with zero attached hydrogens (tertiary/aromatic N) is 2. The third-order valence-electron chi connectivity index (χ3n) is 7.20. The molecule has 5 fully saturated rings. The summed E-state index contributed by atoms with van der Waals surface area (Å²) in [7, 11) is 0. The minimum absolute atomic E-state index is 0.308. The zero-order valence-electron chi connectivity index (χ0n) is 15.3. The fourth-order valence-corrected chi connectivity index (χ4v) is 6.25. The van der Waals surface area contributed by atoms with E-state index < -0.39 is 5.54 Å². The second-order valence-corrected chi connectivity index (χ2v) is 9.20. The molecule has 3 heteroatoms. The van der Waals surface area contributed by atoms with Crippen molar-refractivity contribution in [2.45, 2.75) is 57.5 Å². The van der Waals surface area contributed by atoms with Crippen LogP contribution in [-0.2, 0) is 4.79 Å². The fraction of sp³-hybridized carbons (Fsp3) is 0.591. The number of hydrazine groups is 1. The van der Waals surface area contributed by atoms with Gasteiger partial charge in [0.2, 0.25) is 0 Å². The Balaban J connectivity index is 1.42. The molecule has 4 saturated carbocycles. The maximum absolute atomic E-state index is 13.0. The quantitative estimate of drug-likeness (QED) is 0.821. The summed E-state index contributed by atoms with van der Waals surface area (Å²) >= 11 is 0. The average molecular weight is 336 g/mol. The van der Waals surface area contributed by atoms with Gasteiger partial charge in [0.1, 0.15) is 5.54 Å². The Morgan fingerprint density at radius 2 is 1.56 bits per heavy atom. The number of hydrogen-bond donors (Lipinski definition) is 0. The lowest BCUT2D eigenvalue weighted by Gasteiger charge is -2.65. The molecule has 0 radical (unpaired) electrons. The number of benzene rings is 1. The maximum atomic E-state index is 13.0. The molecular weight excluding hydrogens is 308 g/mol. The first kappa shape index (κ1) is 15.5. The highest BCUT2D eigenvalue weighted by atomic mass is 16.2. The lowest BCUT2D eigenvalue weighted by atomic mass is 9.53. The van der Waals surface area contributed by atoms with Crippen LogP contribution in [0.5, 0.6) is 0 Å². The molecule has 1 saturated heterocycles. The van der Waals surface area contributed by atoms with Crippen LogP contribution in [0, 0.1) is 23.7 Å². The number of rotatable bonds is 3. The lowest BCUT2D eigenvalue weighted by molar-refractivity contribution is -0.231. The van der Waals surface area contributed by atoms with E-state index in [-0.39, 0.29) is 0 Å². The summed E-state index contributed by atoms with van der Waals surface area (Å²) in [6.45, 7) is 4.11. The molecule has 4 bridgehead atoms. The Labute approximate surface area is 150 Å². The van der Waals surface area contributed by atoms with Crippen LogP contribution in [0.25, 0.3) is 6.08 Å². The lowest BCUT2D eigenvalue weighted by Crippen LogP contribution is -2.78. The highest BCUT2D eigenvalue weighted by Crippen LogP contribution is 2.57. The molecule has 1 aliphatic heterocycles. The summed E-state index contributed by atoms with van der Waals surface area (Å²) in [4.78, 5) is 13.0. The van der Waals surface area contributed by atoms with Gasteiger partial charge in [-0.05, 0) is 81.3 Å². The summed E-state index contributed by atoms with van der Waals surface area (Å²) in [5, 5.41) is 4.35. The molecule has 1 aromatic carbocycles. The van der Waals surface area contributed by atoms with E-state index in [1.165, 1.54) is 37.7 Å². The standard InChI is InChI=1S/C22H28N2O/c1-22(2)21(25)24(23(22)9-8-15-6-4-3-5-7-15)20-18-11-16-10-17(13-18)14-19(20)12-16/h3-9,16-20H,10-14H2,1-2H3. The first-order valence-electron chi connectivity index (χ1n) is 9.90. The molecular formula is C22H28N2O. The van der Waals surface area contributed by atoms with Crippen molar-refractivity contribution in [3.05, 3.63) is 42.1 Å². The van der Waals surface area contributed by atoms with Crippen LogP contribution in [0.2, 0.25) is 0 Å². The summed E-state index contributed by atoms with van der Waals surface area (Å²) in [6.07, 6.45) is 11.1. The first-order valence-corrected chi connectivity index (χ1v) is 9.90. The van der Waals surface area contributed by atoms with Crippen LogP contribution in [0.1, 0.15) is 51.5 Å². The molecule has 0 unspecified atom stereocenters. The zero-order valence-corrected chi connectivity index (χ0v) is 15.3. The number of carbonyl (C=O) groups excluding carboxylic acids is 1. The molecule has 132 valence electrons. The van der Waals surface area contributed by atoms with Crippen molar-refractivity contribution in [1.29, 1.82) is 0 Å². The summed E-state index contributed by atoms with van der Waals surface area (Å²) < 4.78 is 0. The highest BCUT2D eigenvalue weighted by Gasteiger charge is 2.60. The van der Waals surface area contributed by atoms with Crippen molar-refractivity contribution in [3.63, 3.8) is 0 Å². The minimum Gasteiger partial charge on any atom is -0.275 e. The van der Waals surface area contributed by atoms with Gasteiger partial charge in [0.25, 0.3) is 5.91 Å². The van der Waals surface area contributed by atoms with Gasteiger partial charge in [0.05, 0.1) is 6.04 Å². The van der Waals surface area contributed by atoms with Crippen LogP contribution in [0.3, 0.4) is 0 Å². The van der Waals surface area contributed by atoms with Crippen molar-refractivity contribution in [2.75, 3.05) is 0 Å². The molecule has 6 rings (SSSR count). The molecule has 1 heterocycles. The largest absolute Gasteiger partial charge is 0.275 e. The Kier molecular flexibility index (Phi) is 3.32. The Morgan fingerprint density at radius 3 is 2.16 bits per heavy atom. The molecule has 0 aromatic heterocycles. The Hall–Kier alpha value is -1.77. The van der Waals surface area contributed by atoms with Crippen molar-refractivity contribution in [1.82, 2.24) is 10.0 Å². The van der Waals surface area contributed by atoms with Crippen LogP contribution >= 0.6 is 0 Å². The van der Waals surface area contributed by atoms with Gasteiger partial charge in [-0.2, -0.15) is 0 Å². The average Bonchev–Trinajstić information content (AvgIpc) is 2.59. The molecule has 0 spiro atoms. The fourth-order valence-electron chi connectivity index (χ4n) is 6.25. The summed E-state index contributed by atoms with van der Waals surface area (Å²) in [5.41, 5.74) is 0.766. The summed E-state index contributed by atoms with van der Waals surface area (Å²) in [5.74, 6) is 3.64. The summed E-state index contributed by atoms with van der Waals surface area (Å²) in [6, 6.07) is 10.8. The molecule has 25 heavy (non-hydrogen) atoms. The second-order valence-electron chi connectivity index (χ2n) is 9.20. The third kappa shape index (κ3) is 2.28. The van der Waals surface area contributed by atoms with Crippen molar-refractivity contribution in [3.8, 4) is 0 Å². The molecule has 1 aromatic rings. The molecule has 1 amide bonds. The van der Waals surface area contributed by atoms with Crippen LogP contribution in [0.15, 0.2) is 36.5 Å². The highest BCUT2D eigenvalue weighted by molar-refractivity contribution is 5.91. The van der Waals surface area contributed by atoms with E-state index in [4.69, 9.17) is 0 Å². The zero-order chi connectivity index (χ0) is 17.2. The number of carbonyl (C=O) groups is 1.